The van der Waals surface area contributed by atoms with Crippen LogP contribution in [0.2, 0.25) is 0 Å². The summed E-state index contributed by atoms with van der Waals surface area (Å²) in [5.41, 5.74) is 1.51. The molecule has 1 aromatic rings. The van der Waals surface area contributed by atoms with Crippen molar-refractivity contribution in [3.05, 3.63) is 11.9 Å². The number of aromatic nitrogens is 3. The van der Waals surface area contributed by atoms with E-state index in [-0.39, 0.29) is 11.1 Å². The van der Waals surface area contributed by atoms with Crippen molar-refractivity contribution in [3.63, 3.8) is 0 Å². The first-order chi connectivity index (χ1) is 8.89. The molecule has 2 aliphatic rings. The van der Waals surface area contributed by atoms with E-state index in [0.29, 0.717) is 0 Å². The van der Waals surface area contributed by atoms with Gasteiger partial charge < -0.3 is 5.32 Å². The summed E-state index contributed by atoms with van der Waals surface area (Å²) in [6, 6.07) is 0. The minimum Gasteiger partial charge on any atom is -0.308 e. The Morgan fingerprint density at radius 2 is 2.11 bits per heavy atom. The van der Waals surface area contributed by atoms with E-state index in [2.05, 4.69) is 41.3 Å². The van der Waals surface area contributed by atoms with E-state index in [9.17, 15) is 0 Å². The van der Waals surface area contributed by atoms with Crippen LogP contribution in [-0.2, 0) is 13.6 Å². The van der Waals surface area contributed by atoms with Crippen LogP contribution in [-0.4, -0.2) is 44.1 Å². The third-order valence-corrected chi connectivity index (χ3v) is 4.78. The average molecular weight is 263 g/mol. The zero-order valence-electron chi connectivity index (χ0n) is 12.5. The molecule has 106 valence electrons. The fraction of sp³-hybridized carbons (Fsp3) is 0.857. The van der Waals surface area contributed by atoms with Gasteiger partial charge in [-0.25, -0.2) is 0 Å². The first-order valence-electron chi connectivity index (χ1n) is 7.24. The lowest BCUT2D eigenvalue weighted by Crippen LogP contribution is -2.67. The monoisotopic (exact) mass is 263 g/mol. The summed E-state index contributed by atoms with van der Waals surface area (Å²) < 4.78 is 1.78. The molecule has 2 heterocycles. The topological polar surface area (TPSA) is 46.0 Å². The molecule has 1 atom stereocenters. The van der Waals surface area contributed by atoms with Crippen LogP contribution in [0, 0.1) is 5.92 Å². The zero-order valence-corrected chi connectivity index (χ0v) is 12.5. The van der Waals surface area contributed by atoms with Gasteiger partial charge in [0.05, 0.1) is 5.69 Å². The van der Waals surface area contributed by atoms with Crippen molar-refractivity contribution in [2.45, 2.75) is 51.2 Å². The Labute approximate surface area is 115 Å². The second kappa shape index (κ2) is 4.28. The van der Waals surface area contributed by atoms with Crippen LogP contribution in [0.15, 0.2) is 6.20 Å². The molecular weight excluding hydrogens is 238 g/mol. The second-order valence-corrected chi connectivity index (χ2v) is 7.10. The predicted molar refractivity (Wildman–Crippen MR) is 74.6 cm³/mol. The van der Waals surface area contributed by atoms with Gasteiger partial charge in [-0.2, -0.15) is 0 Å². The Morgan fingerprint density at radius 3 is 2.68 bits per heavy atom. The molecule has 1 saturated heterocycles. The van der Waals surface area contributed by atoms with E-state index in [1.165, 1.54) is 12.8 Å². The van der Waals surface area contributed by atoms with Crippen molar-refractivity contribution in [1.82, 2.24) is 25.2 Å². The minimum absolute atomic E-state index is 0.173. The Balaban J connectivity index is 1.75. The summed E-state index contributed by atoms with van der Waals surface area (Å²) >= 11 is 0. The lowest BCUT2D eigenvalue weighted by atomic mass is 9.86. The summed E-state index contributed by atoms with van der Waals surface area (Å²) in [5, 5.41) is 12.1. The Kier molecular flexibility index (Phi) is 2.94. The van der Waals surface area contributed by atoms with Gasteiger partial charge >= 0.3 is 0 Å². The van der Waals surface area contributed by atoms with Crippen LogP contribution in [0.25, 0.3) is 0 Å². The second-order valence-electron chi connectivity index (χ2n) is 7.10. The maximum Gasteiger partial charge on any atom is 0.0967 e. The smallest absolute Gasteiger partial charge is 0.0967 e. The number of hydrogen-bond acceptors (Lipinski definition) is 4. The summed E-state index contributed by atoms with van der Waals surface area (Å²) in [4.78, 5) is 2.56. The molecule has 1 N–H and O–H groups in total. The van der Waals surface area contributed by atoms with Crippen LogP contribution in [0.4, 0.5) is 0 Å². The van der Waals surface area contributed by atoms with Crippen LogP contribution in [0.5, 0.6) is 0 Å². The molecule has 1 unspecified atom stereocenters. The molecule has 0 bridgehead atoms. The SMILES string of the molecule is Cn1cc(CN2CC(C)(C3CC3)NCC2(C)C)nn1. The van der Waals surface area contributed by atoms with Crippen molar-refractivity contribution in [3.8, 4) is 0 Å². The van der Waals surface area contributed by atoms with Gasteiger partial charge in [0.15, 0.2) is 0 Å². The summed E-state index contributed by atoms with van der Waals surface area (Å²) in [5.74, 6) is 0.855. The largest absolute Gasteiger partial charge is 0.308 e. The van der Waals surface area contributed by atoms with E-state index in [1.54, 1.807) is 4.68 Å². The number of nitrogens with zero attached hydrogens (tertiary/aromatic N) is 4. The number of piperazine rings is 1. The lowest BCUT2D eigenvalue weighted by molar-refractivity contribution is 0.0169. The third kappa shape index (κ3) is 2.54. The normalized spacial score (nSPS) is 31.6. The highest BCUT2D eigenvalue weighted by molar-refractivity contribution is 5.08. The van der Waals surface area contributed by atoms with Crippen LogP contribution < -0.4 is 5.32 Å². The average Bonchev–Trinajstić information content (AvgIpc) is 3.11. The highest BCUT2D eigenvalue weighted by Crippen LogP contribution is 2.42. The summed E-state index contributed by atoms with van der Waals surface area (Å²) in [6.45, 7) is 10.0. The van der Waals surface area contributed by atoms with Crippen molar-refractivity contribution in [1.29, 1.82) is 0 Å². The highest BCUT2D eigenvalue weighted by atomic mass is 15.4. The van der Waals surface area contributed by atoms with Gasteiger partial charge in [0.1, 0.15) is 0 Å². The summed E-state index contributed by atoms with van der Waals surface area (Å²) in [6.07, 6.45) is 4.78. The predicted octanol–water partition coefficient (Wildman–Crippen LogP) is 1.17. The van der Waals surface area contributed by atoms with E-state index in [0.717, 1.165) is 31.2 Å². The fourth-order valence-electron chi connectivity index (χ4n) is 3.12. The first-order valence-corrected chi connectivity index (χ1v) is 7.24. The first kappa shape index (κ1) is 13.1. The van der Waals surface area contributed by atoms with Gasteiger partial charge in [-0.1, -0.05) is 5.21 Å². The molecule has 2 fully saturated rings. The van der Waals surface area contributed by atoms with Crippen LogP contribution in [0.3, 0.4) is 0 Å². The Bertz CT molecular complexity index is 462. The van der Waals surface area contributed by atoms with Crippen molar-refractivity contribution in [2.75, 3.05) is 13.1 Å². The molecular formula is C14H25N5. The molecule has 0 amide bonds. The van der Waals surface area contributed by atoms with Gasteiger partial charge in [0.25, 0.3) is 0 Å². The van der Waals surface area contributed by atoms with Gasteiger partial charge in [0, 0.05) is 44.0 Å². The molecule has 1 saturated carbocycles. The zero-order chi connectivity index (χ0) is 13.7. The molecule has 0 radical (unpaired) electrons. The van der Waals surface area contributed by atoms with Crippen molar-refractivity contribution < 1.29 is 0 Å². The Morgan fingerprint density at radius 1 is 1.37 bits per heavy atom. The van der Waals surface area contributed by atoms with E-state index < -0.39 is 0 Å². The minimum atomic E-state index is 0.173. The van der Waals surface area contributed by atoms with Crippen molar-refractivity contribution in [2.24, 2.45) is 13.0 Å². The van der Waals surface area contributed by atoms with Crippen LogP contribution >= 0.6 is 0 Å². The van der Waals surface area contributed by atoms with Crippen molar-refractivity contribution >= 4 is 0 Å². The highest BCUT2D eigenvalue weighted by Gasteiger charge is 2.48. The molecule has 19 heavy (non-hydrogen) atoms. The van der Waals surface area contributed by atoms with E-state index in [4.69, 9.17) is 0 Å². The van der Waals surface area contributed by atoms with Gasteiger partial charge in [0.2, 0.25) is 0 Å². The quantitative estimate of drug-likeness (QED) is 0.889. The molecule has 0 aromatic carbocycles. The Hall–Kier alpha value is -0.940. The number of aryl methyl sites for hydroxylation is 1. The lowest BCUT2D eigenvalue weighted by Gasteiger charge is -2.51. The molecule has 3 rings (SSSR count). The molecule has 1 aliphatic heterocycles. The molecule has 0 spiro atoms. The molecule has 1 aromatic heterocycles. The third-order valence-electron chi connectivity index (χ3n) is 4.78. The van der Waals surface area contributed by atoms with Gasteiger partial charge in [-0.15, -0.1) is 5.10 Å². The molecule has 1 aliphatic carbocycles. The van der Waals surface area contributed by atoms with Gasteiger partial charge in [-0.3, -0.25) is 9.58 Å². The number of rotatable bonds is 3. The number of nitrogens with one attached hydrogen (secondary N) is 1. The maximum absolute atomic E-state index is 4.23. The van der Waals surface area contributed by atoms with E-state index >= 15 is 0 Å². The van der Waals surface area contributed by atoms with Gasteiger partial charge in [-0.05, 0) is 39.5 Å². The standard InChI is InChI=1S/C14H25N5/c1-13(2)9-15-14(3,11-5-6-11)10-19(13)8-12-7-18(4)17-16-12/h7,11,15H,5-6,8-10H2,1-4H3. The molecule has 5 heteroatoms. The number of hydrogen-bond donors (Lipinski definition) is 1. The van der Waals surface area contributed by atoms with E-state index in [1.807, 2.05) is 13.2 Å². The van der Waals surface area contributed by atoms with Crippen LogP contribution in [0.1, 0.15) is 39.3 Å². The summed E-state index contributed by atoms with van der Waals surface area (Å²) in [7, 11) is 1.92. The fourth-order valence-corrected chi connectivity index (χ4v) is 3.12. The molecule has 5 nitrogen and oxygen atoms in total. The maximum atomic E-state index is 4.23.